The highest BCUT2D eigenvalue weighted by molar-refractivity contribution is 5.88. The number of nitrogens with one attached hydrogen (secondary N) is 1. The van der Waals surface area contributed by atoms with Crippen LogP contribution in [0.1, 0.15) is 46.9 Å². The number of aliphatic hydroxyl groups is 1. The number of aliphatic hydroxyl groups excluding tert-OH is 1. The lowest BCUT2D eigenvalue weighted by Gasteiger charge is -2.15. The van der Waals surface area contributed by atoms with E-state index in [4.69, 9.17) is 39.1 Å². The van der Waals surface area contributed by atoms with Crippen molar-refractivity contribution in [1.29, 1.82) is 0 Å². The topological polar surface area (TPSA) is 89.3 Å². The van der Waals surface area contributed by atoms with E-state index in [0.29, 0.717) is 12.6 Å². The molecule has 4 N–H and O–H groups in total. The Balaban J connectivity index is 0.000000257. The van der Waals surface area contributed by atoms with Crippen molar-refractivity contribution in [2.45, 2.75) is 52.0 Å². The maximum atomic E-state index is 9.99. The van der Waals surface area contributed by atoms with Crippen molar-refractivity contribution in [2.24, 2.45) is 5.73 Å². The van der Waals surface area contributed by atoms with Crippen LogP contribution in [-0.2, 0) is 4.74 Å². The predicted octanol–water partition coefficient (Wildman–Crippen LogP) is 5.55. The highest BCUT2D eigenvalue weighted by atomic mass is 16.6. The zero-order valence-electron chi connectivity index (χ0n) is 35.9. The van der Waals surface area contributed by atoms with Crippen LogP contribution in [0.4, 0.5) is 0 Å². The number of benzene rings is 4. The molecule has 0 radical (unpaired) electrons. The minimum Gasteiger partial charge on any atom is -0.490 e. The van der Waals surface area contributed by atoms with Crippen molar-refractivity contribution in [2.75, 3.05) is 26.4 Å². The van der Waals surface area contributed by atoms with Gasteiger partial charge in [0.2, 0.25) is 0 Å². The quantitative estimate of drug-likeness (QED) is 0.245. The van der Waals surface area contributed by atoms with Crippen LogP contribution in [0.5, 0.6) is 11.5 Å². The highest BCUT2D eigenvalue weighted by Crippen LogP contribution is 2.26. The number of hydrogen-bond donors (Lipinski definition) is 3. The second-order valence-electron chi connectivity index (χ2n) is 8.95. The van der Waals surface area contributed by atoms with Crippen LogP contribution < -0.4 is 20.5 Å². The van der Waals surface area contributed by atoms with Gasteiger partial charge < -0.3 is 30.4 Å². The highest BCUT2D eigenvalue weighted by Gasteiger charge is 2.23. The van der Waals surface area contributed by atoms with E-state index in [9.17, 15) is 5.11 Å². The van der Waals surface area contributed by atoms with E-state index in [1.165, 1.54) is 0 Å². The van der Waals surface area contributed by atoms with Crippen molar-refractivity contribution < 1.29 is 38.5 Å². The summed E-state index contributed by atoms with van der Waals surface area (Å²) in [6.07, 6.45) is -1.01. The van der Waals surface area contributed by atoms with E-state index >= 15 is 0 Å². The van der Waals surface area contributed by atoms with E-state index < -0.39 is 78.6 Å². The molecule has 5 rings (SSSR count). The molecule has 0 amide bonds. The monoisotopic (exact) mass is 532 g/mol. The predicted molar refractivity (Wildman–Crippen MR) is 157 cm³/mol. The van der Waals surface area contributed by atoms with Gasteiger partial charge in [0.15, 0.2) is 0 Å². The molecule has 0 aromatic heterocycles. The molecule has 6 nitrogen and oxygen atoms in total. The van der Waals surface area contributed by atoms with Gasteiger partial charge >= 0.3 is 0 Å². The van der Waals surface area contributed by atoms with E-state index in [1.807, 2.05) is 27.7 Å². The Hall–Kier alpha value is -3.16. The smallest absolute Gasteiger partial charge is 0.127 e. The molecule has 4 aromatic carbocycles. The number of ether oxygens (including phenoxy) is 3. The largest absolute Gasteiger partial charge is 0.490 e. The Kier molecular flexibility index (Phi) is 6.21. The third-order valence-corrected chi connectivity index (χ3v) is 4.55. The van der Waals surface area contributed by atoms with Gasteiger partial charge in [-0.2, -0.15) is 0 Å². The molecule has 1 heterocycles. The van der Waals surface area contributed by atoms with Gasteiger partial charge in [-0.05, 0) is 28.9 Å². The number of epoxide rings is 1. The Morgan fingerprint density at radius 1 is 0.868 bits per heavy atom. The van der Waals surface area contributed by atoms with E-state index in [-0.39, 0.29) is 77.0 Å². The fraction of sp³-hybridized carbons (Fsp3) is 0.375. The Bertz CT molecular complexity index is 1940. The molecule has 2 unspecified atom stereocenters. The number of nitrogens with two attached hydrogens (primary N) is 1. The molecule has 0 bridgehead atoms. The lowest BCUT2D eigenvalue weighted by Crippen LogP contribution is -2.35. The fourth-order valence-corrected chi connectivity index (χ4v) is 2.75. The summed E-state index contributed by atoms with van der Waals surface area (Å²) in [6, 6.07) is -5.70. The van der Waals surface area contributed by atoms with E-state index in [1.54, 1.807) is 0 Å². The first-order chi connectivity index (χ1) is 24.1. The summed E-state index contributed by atoms with van der Waals surface area (Å²) in [5.74, 6) is -0.324. The van der Waals surface area contributed by atoms with Crippen LogP contribution in [0.3, 0.4) is 0 Å². The Morgan fingerprint density at radius 3 is 1.84 bits per heavy atom. The van der Waals surface area contributed by atoms with Crippen LogP contribution >= 0.6 is 0 Å². The summed E-state index contributed by atoms with van der Waals surface area (Å²) in [4.78, 5) is 0. The standard InChI is InChI=1S/C16H21NO2.C13H12O2.C3H9N/c1-12(2)17-10-14(18)11-19-16-9-5-7-13-6-3-4-8-15(13)16;1-2-6-12-10(4-1)5-3-7-13(12)15-9-11-8-14-11;1-3(2)4/h3-9,12,14,17-18H,10-11H2,1-2H3;1-7,11H,8-9H2;3H,4H2,1-2H3/i3D,4D,5D,6D,7D,8D,9D;1D,2D,3D,4D,5D,6D,7D;. The lowest BCUT2D eigenvalue weighted by atomic mass is 10.1. The average molecular weight is 533 g/mol. The number of rotatable bonds is 9. The molecule has 4 aromatic rings. The summed E-state index contributed by atoms with van der Waals surface area (Å²) in [5.41, 5.74) is 5.11. The van der Waals surface area contributed by atoms with Gasteiger partial charge in [-0.1, -0.05) is 100 Å². The summed E-state index contributed by atoms with van der Waals surface area (Å²) >= 11 is 0. The van der Waals surface area contributed by atoms with Gasteiger partial charge in [-0.15, -0.1) is 0 Å². The second kappa shape index (κ2) is 15.3. The first-order valence-corrected chi connectivity index (χ1v) is 12.2. The zero-order valence-corrected chi connectivity index (χ0v) is 21.9. The number of hydrogen-bond acceptors (Lipinski definition) is 6. The summed E-state index contributed by atoms with van der Waals surface area (Å²) in [6.45, 7) is 8.41. The first-order valence-electron chi connectivity index (χ1n) is 19.2. The molecular weight excluding hydrogens is 476 g/mol. The normalized spacial score (nSPS) is 20.1. The third kappa shape index (κ3) is 10.3. The fourth-order valence-electron chi connectivity index (χ4n) is 2.75. The molecule has 6 heteroatoms. The molecule has 0 spiro atoms. The second-order valence-corrected chi connectivity index (χ2v) is 8.95. The van der Waals surface area contributed by atoms with Gasteiger partial charge in [0.1, 0.15) is 36.9 Å². The molecule has 1 fully saturated rings. The van der Waals surface area contributed by atoms with Gasteiger partial charge in [0.05, 0.1) is 25.8 Å². The van der Waals surface area contributed by atoms with Crippen molar-refractivity contribution in [1.82, 2.24) is 5.32 Å². The lowest BCUT2D eigenvalue weighted by molar-refractivity contribution is 0.105. The van der Waals surface area contributed by atoms with E-state index in [2.05, 4.69) is 5.32 Å². The van der Waals surface area contributed by atoms with Gasteiger partial charge in [0.25, 0.3) is 0 Å². The van der Waals surface area contributed by atoms with Crippen molar-refractivity contribution in [3.8, 4) is 11.5 Å². The average Bonchev–Trinajstić information content (AvgIpc) is 3.92. The Morgan fingerprint density at radius 2 is 1.34 bits per heavy atom. The van der Waals surface area contributed by atoms with Crippen LogP contribution in [0.15, 0.2) is 84.6 Å². The first kappa shape index (κ1) is 15.4. The summed E-state index contributed by atoms with van der Waals surface area (Å²) in [7, 11) is 0. The van der Waals surface area contributed by atoms with Crippen molar-refractivity contribution in [3.63, 3.8) is 0 Å². The molecule has 0 aliphatic carbocycles. The number of fused-ring (bicyclic) bond motifs is 2. The SMILES string of the molecule is CC(C)N.[2H]c1c([2H])c([2H])c2c(OCC(O)CNC(C)C)c([2H])c([2H])c([2H])c2c1[2H].[2H]c1c([2H])c([2H])c2c(OCC3CO3)c([2H])c([2H])c([2H])c2c1[2H]. The van der Waals surface area contributed by atoms with Gasteiger partial charge in [-0.25, -0.2) is 0 Å². The van der Waals surface area contributed by atoms with Crippen LogP contribution in [-0.4, -0.2) is 55.8 Å². The minimum atomic E-state index is -0.910. The summed E-state index contributed by atoms with van der Waals surface area (Å²) in [5, 5.41) is 12.6. The molecule has 204 valence electrons. The maximum absolute atomic E-state index is 9.99. The van der Waals surface area contributed by atoms with Crippen molar-refractivity contribution in [3.05, 3.63) is 84.6 Å². The Labute approximate surface area is 246 Å². The molecule has 38 heavy (non-hydrogen) atoms. The maximum Gasteiger partial charge on any atom is 0.127 e. The zero-order chi connectivity index (χ0) is 39.5. The van der Waals surface area contributed by atoms with Gasteiger partial charge in [-0.3, -0.25) is 0 Å². The molecule has 1 aliphatic rings. The summed E-state index contributed by atoms with van der Waals surface area (Å²) < 4.78 is 127. The van der Waals surface area contributed by atoms with Crippen LogP contribution in [0.25, 0.3) is 21.5 Å². The molecule has 1 aliphatic heterocycles. The molecule has 0 saturated carbocycles. The minimum absolute atomic E-state index is 0.0300. The van der Waals surface area contributed by atoms with Crippen LogP contribution in [0, 0.1) is 0 Å². The molecule has 1 saturated heterocycles. The molecule has 2 atom stereocenters. The molecular formula is C32H42N2O4. The van der Waals surface area contributed by atoms with Gasteiger partial charge in [0, 0.05) is 23.4 Å². The third-order valence-electron chi connectivity index (χ3n) is 4.55. The van der Waals surface area contributed by atoms with Crippen molar-refractivity contribution >= 4 is 21.5 Å². The van der Waals surface area contributed by atoms with E-state index in [0.717, 1.165) is 0 Å². The van der Waals surface area contributed by atoms with Crippen LogP contribution in [0.2, 0.25) is 0 Å².